The summed E-state index contributed by atoms with van der Waals surface area (Å²) in [4.78, 5) is 120. The lowest BCUT2D eigenvalue weighted by Gasteiger charge is -2.20. The second-order valence-corrected chi connectivity index (χ2v) is 19.1. The number of hydrogen-bond donors (Lipinski definition) is 10. The monoisotopic (exact) mass is 838 g/mol. The van der Waals surface area contributed by atoms with Crippen LogP contribution in [0.1, 0.15) is 55.5 Å². The minimum Gasteiger partial charge on any atom is -0.330 e. The van der Waals surface area contributed by atoms with E-state index in [2.05, 4.69) is 37.7 Å². The summed E-state index contributed by atoms with van der Waals surface area (Å²) in [6.07, 6.45) is 3.66. The SMILES string of the molecule is O=C(CCCCC#Cc1cc(-n2ccc(CNC(P(=O)(O)O)P(=O)(O)O)n2)nc(-n2ccc(CNC(P(=O)(O)O)P(=O)(O)O)n2)c1)ON1C(=O)CCC1=O. The Morgan fingerprint density at radius 1 is 0.759 bits per heavy atom. The molecule has 2 amide bonds. The van der Waals surface area contributed by atoms with E-state index in [1.165, 1.54) is 46.0 Å². The number of carbonyl (C=O) groups excluding carboxylic acids is 3. The molecule has 0 aromatic carbocycles. The largest absolute Gasteiger partial charge is 0.354 e. The van der Waals surface area contributed by atoms with Crippen molar-refractivity contribution in [2.45, 2.75) is 62.7 Å². The number of aromatic nitrogens is 5. The molecule has 1 fully saturated rings. The highest BCUT2D eigenvalue weighted by Crippen LogP contribution is 2.59. The van der Waals surface area contributed by atoms with Gasteiger partial charge in [-0.1, -0.05) is 11.8 Å². The Morgan fingerprint density at radius 2 is 1.20 bits per heavy atom. The molecule has 0 radical (unpaired) electrons. The smallest absolute Gasteiger partial charge is 0.330 e. The molecule has 28 heteroatoms. The molecule has 4 rings (SSSR count). The van der Waals surface area contributed by atoms with Crippen LogP contribution in [0, 0.1) is 11.8 Å². The summed E-state index contributed by atoms with van der Waals surface area (Å²) >= 11 is 0. The number of pyridine rings is 1. The molecule has 294 valence electrons. The topological polar surface area (TPSA) is 366 Å². The molecular formula is C26H34N8O16P4. The Labute approximate surface area is 304 Å². The lowest BCUT2D eigenvalue weighted by atomic mass is 10.2. The van der Waals surface area contributed by atoms with Crippen LogP contribution >= 0.6 is 30.4 Å². The van der Waals surface area contributed by atoms with Crippen LogP contribution in [0.15, 0.2) is 36.7 Å². The van der Waals surface area contributed by atoms with Gasteiger partial charge in [0.2, 0.25) is 11.0 Å². The van der Waals surface area contributed by atoms with Gasteiger partial charge < -0.3 is 44.0 Å². The maximum atomic E-state index is 12.0. The number of carbonyl (C=O) groups is 3. The molecule has 3 aromatic heterocycles. The van der Waals surface area contributed by atoms with Gasteiger partial charge in [-0.05, 0) is 37.1 Å². The van der Waals surface area contributed by atoms with Crippen molar-refractivity contribution in [1.82, 2.24) is 40.2 Å². The molecule has 24 nitrogen and oxygen atoms in total. The number of rotatable bonds is 17. The first-order valence-corrected chi connectivity index (χ1v) is 22.1. The first-order chi connectivity index (χ1) is 25.0. The van der Waals surface area contributed by atoms with Gasteiger partial charge in [0.05, 0.1) is 11.4 Å². The average molecular weight is 838 g/mol. The van der Waals surface area contributed by atoms with Crippen LogP contribution in [-0.2, 0) is 50.6 Å². The number of amides is 2. The second kappa shape index (κ2) is 17.4. The fourth-order valence-electron chi connectivity index (χ4n) is 4.69. The Kier molecular flexibility index (Phi) is 13.8. The summed E-state index contributed by atoms with van der Waals surface area (Å²) in [6, 6.07) is 5.74. The van der Waals surface area contributed by atoms with Gasteiger partial charge in [0.15, 0.2) is 11.6 Å². The molecule has 1 aliphatic heterocycles. The van der Waals surface area contributed by atoms with E-state index in [0.29, 0.717) is 23.5 Å². The molecule has 54 heavy (non-hydrogen) atoms. The van der Waals surface area contributed by atoms with E-state index in [-0.39, 0.29) is 48.7 Å². The van der Waals surface area contributed by atoms with Crippen molar-refractivity contribution in [1.29, 1.82) is 0 Å². The minimum absolute atomic E-state index is 0.0317. The Hall–Kier alpha value is -3.74. The van der Waals surface area contributed by atoms with Crippen LogP contribution < -0.4 is 10.6 Å². The lowest BCUT2D eigenvalue weighted by Crippen LogP contribution is -2.31. The fourth-order valence-corrected chi connectivity index (χ4v) is 9.14. The van der Waals surface area contributed by atoms with Gasteiger partial charge in [0, 0.05) is 56.7 Å². The predicted octanol–water partition coefficient (Wildman–Crippen LogP) is -0.571. The normalized spacial score (nSPS) is 14.2. The summed E-state index contributed by atoms with van der Waals surface area (Å²) in [5, 5.41) is 13.2. The summed E-state index contributed by atoms with van der Waals surface area (Å²) < 4.78 is 48.9. The number of imide groups is 1. The van der Waals surface area contributed by atoms with Crippen molar-refractivity contribution >= 4 is 48.2 Å². The van der Waals surface area contributed by atoms with E-state index in [0.717, 1.165) is 0 Å². The number of nitrogens with one attached hydrogen (secondary N) is 2. The molecule has 0 aliphatic carbocycles. The van der Waals surface area contributed by atoms with E-state index in [9.17, 15) is 71.8 Å². The van der Waals surface area contributed by atoms with Gasteiger partial charge in [0.1, 0.15) is 0 Å². The van der Waals surface area contributed by atoms with E-state index in [1.54, 1.807) is 0 Å². The molecular weight excluding hydrogens is 804 g/mol. The average Bonchev–Trinajstić information content (AvgIpc) is 3.78. The van der Waals surface area contributed by atoms with Gasteiger partial charge in [-0.25, -0.2) is 19.1 Å². The molecule has 0 saturated carbocycles. The van der Waals surface area contributed by atoms with E-state index < -0.39 is 72.3 Å². The van der Waals surface area contributed by atoms with Crippen molar-refractivity contribution in [3.05, 3.63) is 53.6 Å². The van der Waals surface area contributed by atoms with Gasteiger partial charge in [-0.15, -0.1) is 5.06 Å². The third-order valence-electron chi connectivity index (χ3n) is 7.13. The Bertz CT molecular complexity index is 1970. The summed E-state index contributed by atoms with van der Waals surface area (Å²) in [5.74, 6) is 4.13. The first-order valence-electron chi connectivity index (χ1n) is 15.4. The molecule has 1 aliphatic rings. The van der Waals surface area contributed by atoms with Crippen molar-refractivity contribution in [3.8, 4) is 23.5 Å². The summed E-state index contributed by atoms with van der Waals surface area (Å²) in [7, 11) is -21.1. The third kappa shape index (κ3) is 12.1. The highest BCUT2D eigenvalue weighted by atomic mass is 31.2. The van der Waals surface area contributed by atoms with E-state index in [4.69, 9.17) is 4.84 Å². The number of nitrogens with zero attached hydrogens (tertiary/aromatic N) is 6. The number of hydrogen-bond acceptors (Lipinski definition) is 13. The standard InChI is InChI=1S/C26H34N8O16P4/c35-22-7-8-23(36)34(22)50-24(37)6-4-2-1-3-5-17-13-20(32-11-9-18(30-32)15-27-25(51(38,39)40)52(41,42)43)29-21(14-17)33-12-10-19(31-33)16-28-26(53(44,45)46)54(47,48)49/h9-14,25-28H,1-2,4,6-8,15-16H2,(H2,38,39,40)(H2,41,42,43)(H2,44,45,46)(H2,47,48,49). The van der Waals surface area contributed by atoms with Crippen LogP contribution in [0.2, 0.25) is 0 Å². The van der Waals surface area contributed by atoms with Crippen molar-refractivity contribution < 1.29 is 76.6 Å². The summed E-state index contributed by atoms with van der Waals surface area (Å²) in [5.41, 5.74) is -4.43. The molecule has 10 N–H and O–H groups in total. The second-order valence-electron chi connectivity index (χ2n) is 11.5. The zero-order chi connectivity index (χ0) is 40.1. The van der Waals surface area contributed by atoms with Gasteiger partial charge in [-0.3, -0.25) is 38.5 Å². The van der Waals surface area contributed by atoms with Crippen LogP contribution in [0.5, 0.6) is 0 Å². The molecule has 0 unspecified atom stereocenters. The van der Waals surface area contributed by atoms with E-state index >= 15 is 0 Å². The number of hydroxylamine groups is 2. The molecule has 0 atom stereocenters. The highest BCUT2D eigenvalue weighted by Gasteiger charge is 2.44. The minimum atomic E-state index is -5.27. The van der Waals surface area contributed by atoms with Crippen LogP contribution in [-0.4, -0.2) is 97.6 Å². The molecule has 0 spiro atoms. The van der Waals surface area contributed by atoms with Crippen molar-refractivity contribution in [3.63, 3.8) is 0 Å². The Balaban J connectivity index is 1.53. The van der Waals surface area contributed by atoms with E-state index in [1.807, 2.05) is 0 Å². The first kappa shape index (κ1) is 43.0. The molecule has 3 aromatic rings. The number of unbranched alkanes of at least 4 members (excludes halogenated alkanes) is 2. The lowest BCUT2D eigenvalue weighted by molar-refractivity contribution is -0.197. The van der Waals surface area contributed by atoms with Crippen LogP contribution in [0.25, 0.3) is 11.6 Å². The van der Waals surface area contributed by atoms with Gasteiger partial charge >= 0.3 is 36.4 Å². The quantitative estimate of drug-likeness (QED) is 0.0352. The molecule has 0 bridgehead atoms. The molecule has 4 heterocycles. The predicted molar refractivity (Wildman–Crippen MR) is 180 cm³/mol. The van der Waals surface area contributed by atoms with Crippen LogP contribution in [0.3, 0.4) is 0 Å². The maximum Gasteiger partial charge on any atom is 0.354 e. The third-order valence-corrected chi connectivity index (χ3v) is 14.0. The molecule has 1 saturated heterocycles. The van der Waals surface area contributed by atoms with Gasteiger partial charge in [-0.2, -0.15) is 10.2 Å². The zero-order valence-electron chi connectivity index (χ0n) is 27.6. The van der Waals surface area contributed by atoms with Crippen molar-refractivity contribution in [2.24, 2.45) is 0 Å². The van der Waals surface area contributed by atoms with Crippen molar-refractivity contribution in [2.75, 3.05) is 0 Å². The van der Waals surface area contributed by atoms with Gasteiger partial charge in [0.25, 0.3) is 11.8 Å². The summed E-state index contributed by atoms with van der Waals surface area (Å²) in [6.45, 7) is -0.948. The highest BCUT2D eigenvalue weighted by molar-refractivity contribution is 7.71. The fraction of sp³-hybridized carbons (Fsp3) is 0.385. The van der Waals surface area contributed by atoms with Crippen LogP contribution in [0.4, 0.5) is 0 Å². The Morgan fingerprint density at radius 3 is 1.63 bits per heavy atom. The maximum absolute atomic E-state index is 12.0. The zero-order valence-corrected chi connectivity index (χ0v) is 31.2.